The summed E-state index contributed by atoms with van der Waals surface area (Å²) in [7, 11) is 1.92. The van der Waals surface area contributed by atoms with Gasteiger partial charge in [-0.05, 0) is 25.7 Å². The Morgan fingerprint density at radius 2 is 2.00 bits per heavy atom. The molecule has 0 spiro atoms. The summed E-state index contributed by atoms with van der Waals surface area (Å²) >= 11 is 0. The Bertz CT molecular complexity index is 911. The maximum absolute atomic E-state index is 4.60. The van der Waals surface area contributed by atoms with E-state index in [0.717, 1.165) is 60.9 Å². The van der Waals surface area contributed by atoms with Gasteiger partial charge in [-0.25, -0.2) is 9.97 Å². The summed E-state index contributed by atoms with van der Waals surface area (Å²) in [5.74, 6) is 3.21. The highest BCUT2D eigenvalue weighted by Crippen LogP contribution is 2.37. The summed E-state index contributed by atoms with van der Waals surface area (Å²) < 4.78 is 4.16. The van der Waals surface area contributed by atoms with Gasteiger partial charge in [0.2, 0.25) is 0 Å². The van der Waals surface area contributed by atoms with E-state index in [0.29, 0.717) is 0 Å². The molecule has 8 nitrogen and oxygen atoms in total. The van der Waals surface area contributed by atoms with Crippen molar-refractivity contribution in [3.63, 3.8) is 0 Å². The van der Waals surface area contributed by atoms with Crippen molar-refractivity contribution < 1.29 is 0 Å². The van der Waals surface area contributed by atoms with Gasteiger partial charge in [0.05, 0.1) is 17.6 Å². The monoisotopic (exact) mass is 338 g/mol. The highest BCUT2D eigenvalue weighted by atomic mass is 15.3. The Labute approximate surface area is 145 Å². The molecule has 2 aliphatic rings. The number of hydrogen-bond acceptors (Lipinski definition) is 6. The SMILES string of the molecule is Cn1ncc2c(N3CCCC3c3nnc4n3CCCCC4)ncnc21. The van der Waals surface area contributed by atoms with Crippen molar-refractivity contribution >= 4 is 16.9 Å². The molecule has 2 aliphatic heterocycles. The van der Waals surface area contributed by atoms with Gasteiger partial charge in [-0.3, -0.25) is 4.68 Å². The fraction of sp³-hybridized carbons (Fsp3) is 0.588. The lowest BCUT2D eigenvalue weighted by atomic mass is 10.2. The highest BCUT2D eigenvalue weighted by Gasteiger charge is 2.33. The zero-order chi connectivity index (χ0) is 16.8. The van der Waals surface area contributed by atoms with Crippen LogP contribution in [0.4, 0.5) is 5.82 Å². The van der Waals surface area contributed by atoms with Gasteiger partial charge in [0.25, 0.3) is 0 Å². The van der Waals surface area contributed by atoms with Crippen LogP contribution in [-0.4, -0.2) is 41.1 Å². The van der Waals surface area contributed by atoms with E-state index in [1.165, 1.54) is 19.3 Å². The van der Waals surface area contributed by atoms with Crippen molar-refractivity contribution in [2.24, 2.45) is 7.05 Å². The van der Waals surface area contributed by atoms with Crippen molar-refractivity contribution in [3.05, 3.63) is 24.2 Å². The number of hydrogen-bond donors (Lipinski definition) is 0. The molecule has 0 aliphatic carbocycles. The predicted molar refractivity (Wildman–Crippen MR) is 93.2 cm³/mol. The maximum atomic E-state index is 4.60. The molecule has 8 heteroatoms. The van der Waals surface area contributed by atoms with E-state index in [4.69, 9.17) is 0 Å². The second-order valence-corrected chi connectivity index (χ2v) is 6.99. The largest absolute Gasteiger partial charge is 0.346 e. The Balaban J connectivity index is 1.57. The smallest absolute Gasteiger partial charge is 0.163 e. The van der Waals surface area contributed by atoms with Crippen molar-refractivity contribution in [2.75, 3.05) is 11.4 Å². The lowest BCUT2D eigenvalue weighted by Gasteiger charge is -2.26. The Hall–Kier alpha value is -2.51. The van der Waals surface area contributed by atoms with Crippen LogP contribution in [0.5, 0.6) is 0 Å². The quantitative estimate of drug-likeness (QED) is 0.711. The van der Waals surface area contributed by atoms with E-state index in [1.807, 2.05) is 13.2 Å². The molecular weight excluding hydrogens is 316 g/mol. The Morgan fingerprint density at radius 1 is 1.04 bits per heavy atom. The molecular formula is C17H22N8. The molecule has 1 fully saturated rings. The van der Waals surface area contributed by atoms with Crippen LogP contribution >= 0.6 is 0 Å². The third kappa shape index (κ3) is 2.31. The fourth-order valence-corrected chi connectivity index (χ4v) is 4.22. The highest BCUT2D eigenvalue weighted by molar-refractivity contribution is 5.86. The van der Waals surface area contributed by atoms with Crippen molar-refractivity contribution in [1.29, 1.82) is 0 Å². The topological polar surface area (TPSA) is 77.5 Å². The number of fused-ring (bicyclic) bond motifs is 2. The number of anilines is 1. The molecule has 0 aromatic carbocycles. The lowest BCUT2D eigenvalue weighted by molar-refractivity contribution is 0.558. The summed E-state index contributed by atoms with van der Waals surface area (Å²) in [6.07, 6.45) is 10.5. The average molecular weight is 338 g/mol. The maximum Gasteiger partial charge on any atom is 0.163 e. The molecule has 1 unspecified atom stereocenters. The molecule has 1 saturated heterocycles. The minimum Gasteiger partial charge on any atom is -0.346 e. The van der Waals surface area contributed by atoms with Crippen LogP contribution in [0.25, 0.3) is 11.0 Å². The first-order chi connectivity index (χ1) is 12.3. The normalized spacial score (nSPS) is 20.8. The van der Waals surface area contributed by atoms with Gasteiger partial charge < -0.3 is 9.47 Å². The van der Waals surface area contributed by atoms with E-state index in [9.17, 15) is 0 Å². The summed E-state index contributed by atoms with van der Waals surface area (Å²) in [4.78, 5) is 11.3. The molecule has 0 radical (unpaired) electrons. The molecule has 0 N–H and O–H groups in total. The molecule has 5 heterocycles. The van der Waals surface area contributed by atoms with Gasteiger partial charge in [0, 0.05) is 26.6 Å². The van der Waals surface area contributed by atoms with Gasteiger partial charge in [0.1, 0.15) is 18.0 Å². The number of aromatic nitrogens is 7. The second-order valence-electron chi connectivity index (χ2n) is 6.99. The zero-order valence-electron chi connectivity index (χ0n) is 14.5. The number of nitrogens with zero attached hydrogens (tertiary/aromatic N) is 8. The van der Waals surface area contributed by atoms with E-state index in [1.54, 1.807) is 11.0 Å². The van der Waals surface area contributed by atoms with Crippen LogP contribution in [0.3, 0.4) is 0 Å². The van der Waals surface area contributed by atoms with E-state index < -0.39 is 0 Å². The van der Waals surface area contributed by atoms with Gasteiger partial charge in [-0.1, -0.05) is 6.42 Å². The minimum atomic E-state index is 0.234. The Kier molecular flexibility index (Phi) is 3.43. The van der Waals surface area contributed by atoms with Crippen molar-refractivity contribution in [1.82, 2.24) is 34.5 Å². The lowest BCUT2D eigenvalue weighted by Crippen LogP contribution is -2.26. The van der Waals surface area contributed by atoms with E-state index >= 15 is 0 Å². The average Bonchev–Trinajstić information content (AvgIpc) is 3.31. The van der Waals surface area contributed by atoms with Crippen LogP contribution in [0.2, 0.25) is 0 Å². The first kappa shape index (κ1) is 14.8. The van der Waals surface area contributed by atoms with E-state index in [-0.39, 0.29) is 6.04 Å². The standard InChI is InChI=1S/C17H22N8/c1-23-15-12(10-20-23)16(19-11-18-15)24-9-5-6-13(24)17-22-21-14-7-3-2-4-8-25(14)17/h10-11,13H,2-9H2,1H3. The van der Waals surface area contributed by atoms with E-state index in [2.05, 4.69) is 34.7 Å². The molecule has 130 valence electrons. The number of aryl methyl sites for hydroxylation is 2. The molecule has 0 amide bonds. The Morgan fingerprint density at radius 3 is 2.96 bits per heavy atom. The van der Waals surface area contributed by atoms with Gasteiger partial charge >= 0.3 is 0 Å². The van der Waals surface area contributed by atoms with Crippen molar-refractivity contribution in [3.8, 4) is 0 Å². The molecule has 25 heavy (non-hydrogen) atoms. The minimum absolute atomic E-state index is 0.234. The third-order valence-corrected chi connectivity index (χ3v) is 5.47. The van der Waals surface area contributed by atoms with Crippen LogP contribution in [0, 0.1) is 0 Å². The summed E-state index contributed by atoms with van der Waals surface area (Å²) in [5.41, 5.74) is 0.871. The zero-order valence-corrected chi connectivity index (χ0v) is 14.5. The molecule has 0 saturated carbocycles. The van der Waals surface area contributed by atoms with Gasteiger partial charge in [-0.15, -0.1) is 10.2 Å². The first-order valence-corrected chi connectivity index (χ1v) is 9.14. The third-order valence-electron chi connectivity index (χ3n) is 5.47. The van der Waals surface area contributed by atoms with Crippen molar-refractivity contribution in [2.45, 2.75) is 51.1 Å². The molecule has 0 bridgehead atoms. The molecule has 5 rings (SSSR count). The summed E-state index contributed by atoms with van der Waals surface area (Å²) in [6.45, 7) is 2.02. The predicted octanol–water partition coefficient (Wildman–Crippen LogP) is 2.02. The van der Waals surface area contributed by atoms with Gasteiger partial charge in [0.15, 0.2) is 11.5 Å². The summed E-state index contributed by atoms with van der Waals surface area (Å²) in [6, 6.07) is 0.234. The summed E-state index contributed by atoms with van der Waals surface area (Å²) in [5, 5.41) is 14.4. The fourth-order valence-electron chi connectivity index (χ4n) is 4.22. The second kappa shape index (κ2) is 5.79. The van der Waals surface area contributed by atoms with Gasteiger partial charge in [-0.2, -0.15) is 5.10 Å². The number of rotatable bonds is 2. The molecule has 3 aromatic rings. The van der Waals surface area contributed by atoms with Crippen LogP contribution < -0.4 is 4.90 Å². The van der Waals surface area contributed by atoms with Crippen LogP contribution in [-0.2, 0) is 20.0 Å². The van der Waals surface area contributed by atoms with Crippen LogP contribution in [0.1, 0.15) is 49.8 Å². The van der Waals surface area contributed by atoms with Crippen LogP contribution in [0.15, 0.2) is 12.5 Å². The first-order valence-electron chi connectivity index (χ1n) is 9.14. The molecule has 3 aromatic heterocycles. The molecule has 1 atom stereocenters.